The highest BCUT2D eigenvalue weighted by Gasteiger charge is 2.21. The highest BCUT2D eigenvalue weighted by atomic mass is 16.5. The zero-order valence-corrected chi connectivity index (χ0v) is 38.6. The second-order valence-corrected chi connectivity index (χ2v) is 17.6. The number of nitrogens with zero attached hydrogens (tertiary/aromatic N) is 3. The van der Waals surface area contributed by atoms with E-state index in [-0.39, 0.29) is 12.1 Å². The summed E-state index contributed by atoms with van der Waals surface area (Å²) in [5.41, 5.74) is 6.17. The molecule has 3 N–H and O–H groups in total. The van der Waals surface area contributed by atoms with Crippen LogP contribution < -0.4 is 5.73 Å². The van der Waals surface area contributed by atoms with E-state index in [1.54, 1.807) is 0 Å². The summed E-state index contributed by atoms with van der Waals surface area (Å²) in [5.74, 6) is 1.23. The summed E-state index contributed by atoms with van der Waals surface area (Å²) < 4.78 is 11.8. The lowest BCUT2D eigenvalue weighted by atomic mass is 10.0. The van der Waals surface area contributed by atoms with Crippen molar-refractivity contribution >= 4 is 17.8 Å². The second kappa shape index (κ2) is 39.6. The standard InChI is InChI=1S/C49H97N5O3/c1-5-8-11-14-17-26-33-43-56-47(50)37-29-22-18-24-31-39-53(41-34-42-54-45(4)44-52-49(54)51)40-32-25-19-23-30-38-48(55)57-46(35-27-20-15-12-9-6-2)36-28-21-16-13-10-7-3/h45-46,50H,5-44H2,1-4H3,(H2,51,52). The van der Waals surface area contributed by atoms with Gasteiger partial charge in [-0.2, -0.15) is 0 Å². The zero-order chi connectivity index (χ0) is 41.4. The highest BCUT2D eigenvalue weighted by molar-refractivity contribution is 5.80. The number of rotatable bonds is 43. The molecule has 0 aromatic rings. The number of carbonyl (C=O) groups is 1. The van der Waals surface area contributed by atoms with Crippen LogP contribution in [0.3, 0.4) is 0 Å². The van der Waals surface area contributed by atoms with Gasteiger partial charge in [0.2, 0.25) is 0 Å². The Morgan fingerprint density at radius 2 is 1.09 bits per heavy atom. The molecule has 57 heavy (non-hydrogen) atoms. The fourth-order valence-electron chi connectivity index (χ4n) is 8.20. The van der Waals surface area contributed by atoms with E-state index in [9.17, 15) is 4.79 Å². The van der Waals surface area contributed by atoms with Crippen LogP contribution in [-0.4, -0.2) is 79.1 Å². The maximum atomic E-state index is 12.9. The van der Waals surface area contributed by atoms with E-state index in [0.29, 0.717) is 30.9 Å². The van der Waals surface area contributed by atoms with Crippen molar-refractivity contribution in [3.63, 3.8) is 0 Å². The third-order valence-electron chi connectivity index (χ3n) is 12.0. The van der Waals surface area contributed by atoms with Crippen molar-refractivity contribution in [2.75, 3.05) is 39.3 Å². The van der Waals surface area contributed by atoms with Crippen LogP contribution in [0, 0.1) is 5.41 Å². The van der Waals surface area contributed by atoms with Gasteiger partial charge < -0.3 is 25.0 Å². The summed E-state index contributed by atoms with van der Waals surface area (Å²) in [6.07, 6.45) is 40.8. The van der Waals surface area contributed by atoms with Crippen LogP contribution in [0.15, 0.2) is 4.99 Å². The monoisotopic (exact) mass is 804 g/mol. The van der Waals surface area contributed by atoms with Crippen molar-refractivity contribution in [3.8, 4) is 0 Å². The van der Waals surface area contributed by atoms with Crippen molar-refractivity contribution in [2.45, 2.75) is 258 Å². The first-order valence-corrected chi connectivity index (χ1v) is 25.1. The highest BCUT2D eigenvalue weighted by Crippen LogP contribution is 2.19. The van der Waals surface area contributed by atoms with E-state index in [1.807, 2.05) is 0 Å². The molecule has 0 amide bonds. The molecule has 1 atom stereocenters. The fraction of sp³-hybridized carbons (Fsp3) is 0.939. The minimum absolute atomic E-state index is 0.0338. The topological polar surface area (TPSA) is 104 Å². The number of nitrogens with two attached hydrogens (primary N) is 1. The number of hydrogen-bond acceptors (Lipinski definition) is 8. The van der Waals surface area contributed by atoms with Gasteiger partial charge in [-0.05, 0) is 90.8 Å². The summed E-state index contributed by atoms with van der Waals surface area (Å²) in [5, 5.41) is 8.16. The molecule has 0 spiro atoms. The lowest BCUT2D eigenvalue weighted by Crippen LogP contribution is -2.41. The molecule has 8 heteroatoms. The van der Waals surface area contributed by atoms with Crippen LogP contribution in [0.5, 0.6) is 0 Å². The predicted molar refractivity (Wildman–Crippen MR) is 247 cm³/mol. The molecule has 0 aliphatic carbocycles. The Labute approximate surface area is 354 Å². The molecule has 1 rings (SSSR count). The number of carbonyl (C=O) groups excluding carboxylic acids is 1. The van der Waals surface area contributed by atoms with E-state index < -0.39 is 0 Å². The Balaban J connectivity index is 2.31. The van der Waals surface area contributed by atoms with Gasteiger partial charge >= 0.3 is 5.97 Å². The van der Waals surface area contributed by atoms with Crippen LogP contribution in [-0.2, 0) is 14.3 Å². The zero-order valence-electron chi connectivity index (χ0n) is 38.6. The average Bonchev–Trinajstić information content (AvgIpc) is 3.52. The number of esters is 1. The normalized spacial score (nSPS) is 14.2. The van der Waals surface area contributed by atoms with Gasteiger partial charge in [-0.1, -0.05) is 162 Å². The van der Waals surface area contributed by atoms with Crippen LogP contribution in [0.25, 0.3) is 0 Å². The minimum atomic E-state index is 0.0338. The van der Waals surface area contributed by atoms with Crippen LogP contribution in [0.1, 0.15) is 246 Å². The molecule has 1 heterocycles. The number of aliphatic imine (C=N–C) groups is 1. The molecular formula is C49H97N5O3. The van der Waals surface area contributed by atoms with Crippen molar-refractivity contribution in [3.05, 3.63) is 0 Å². The van der Waals surface area contributed by atoms with E-state index in [2.05, 4.69) is 42.5 Å². The van der Waals surface area contributed by atoms with E-state index in [0.717, 1.165) is 84.1 Å². The predicted octanol–water partition coefficient (Wildman–Crippen LogP) is 13.5. The van der Waals surface area contributed by atoms with Crippen molar-refractivity contribution in [2.24, 2.45) is 10.7 Å². The third kappa shape index (κ3) is 32.7. The average molecular weight is 804 g/mol. The summed E-state index contributed by atoms with van der Waals surface area (Å²) in [6.45, 7) is 14.9. The number of nitrogens with one attached hydrogen (secondary N) is 1. The van der Waals surface area contributed by atoms with Crippen molar-refractivity contribution in [1.82, 2.24) is 9.80 Å². The Kier molecular flexibility index (Phi) is 37.0. The first kappa shape index (κ1) is 53.2. The van der Waals surface area contributed by atoms with Crippen LogP contribution in [0.2, 0.25) is 0 Å². The second-order valence-electron chi connectivity index (χ2n) is 17.6. The molecule has 0 saturated carbocycles. The fourth-order valence-corrected chi connectivity index (χ4v) is 8.20. The molecule has 0 aromatic carbocycles. The lowest BCUT2D eigenvalue weighted by molar-refractivity contribution is -0.150. The van der Waals surface area contributed by atoms with Gasteiger partial charge in [0.1, 0.15) is 6.10 Å². The molecule has 336 valence electrons. The van der Waals surface area contributed by atoms with Gasteiger partial charge in [-0.15, -0.1) is 0 Å². The van der Waals surface area contributed by atoms with Crippen LogP contribution >= 0.6 is 0 Å². The Hall–Kier alpha value is -1.83. The molecule has 8 nitrogen and oxygen atoms in total. The molecule has 0 radical (unpaired) electrons. The maximum absolute atomic E-state index is 12.9. The first-order valence-electron chi connectivity index (χ1n) is 25.1. The van der Waals surface area contributed by atoms with Crippen molar-refractivity contribution < 1.29 is 14.3 Å². The molecule has 1 unspecified atom stereocenters. The Bertz CT molecular complexity index is 930. The first-order chi connectivity index (χ1) is 27.9. The Morgan fingerprint density at radius 1 is 0.649 bits per heavy atom. The van der Waals surface area contributed by atoms with Crippen molar-refractivity contribution in [1.29, 1.82) is 5.41 Å². The number of hydrogen-bond donors (Lipinski definition) is 2. The number of ether oxygens (including phenoxy) is 2. The van der Waals surface area contributed by atoms with Gasteiger partial charge in [0, 0.05) is 25.4 Å². The molecule has 0 saturated heterocycles. The number of guanidine groups is 1. The van der Waals surface area contributed by atoms with Gasteiger partial charge in [0.05, 0.1) is 13.2 Å². The summed E-state index contributed by atoms with van der Waals surface area (Å²) in [7, 11) is 0. The van der Waals surface area contributed by atoms with Crippen LogP contribution in [0.4, 0.5) is 0 Å². The molecule has 1 aliphatic rings. The Morgan fingerprint density at radius 3 is 1.60 bits per heavy atom. The smallest absolute Gasteiger partial charge is 0.306 e. The van der Waals surface area contributed by atoms with E-state index >= 15 is 0 Å². The van der Waals surface area contributed by atoms with Gasteiger partial charge in [-0.25, -0.2) is 0 Å². The quantitative estimate of drug-likeness (QED) is 0.0275. The van der Waals surface area contributed by atoms with Gasteiger partial charge in [0.25, 0.3) is 0 Å². The van der Waals surface area contributed by atoms with E-state index in [4.69, 9.17) is 20.6 Å². The third-order valence-corrected chi connectivity index (χ3v) is 12.0. The van der Waals surface area contributed by atoms with Gasteiger partial charge in [-0.3, -0.25) is 15.2 Å². The molecule has 0 fully saturated rings. The summed E-state index contributed by atoms with van der Waals surface area (Å²) in [4.78, 5) is 22.2. The van der Waals surface area contributed by atoms with E-state index in [1.165, 1.54) is 161 Å². The molecular weight excluding hydrogens is 707 g/mol. The largest absolute Gasteiger partial charge is 0.481 e. The SMILES string of the molecule is CCCCCCCCCOC(=N)CCCCCCCN(CCCCCCCC(=O)OC(CCCCCCCC)CCCCCCCC)CCCN1C(N)=NCC1C. The molecule has 0 aromatic heterocycles. The van der Waals surface area contributed by atoms with Gasteiger partial charge in [0.15, 0.2) is 11.9 Å². The summed E-state index contributed by atoms with van der Waals surface area (Å²) >= 11 is 0. The lowest BCUT2D eigenvalue weighted by Gasteiger charge is -2.26. The summed E-state index contributed by atoms with van der Waals surface area (Å²) in [6, 6.07) is 0.412. The maximum Gasteiger partial charge on any atom is 0.306 e. The number of unbranched alkanes of at least 4 members (excludes halogenated alkanes) is 24. The minimum Gasteiger partial charge on any atom is -0.481 e. The molecule has 1 aliphatic heterocycles. The molecule has 0 bridgehead atoms.